The molecule has 3 rings (SSSR count). The van der Waals surface area contributed by atoms with Crippen LogP contribution in [0.5, 0.6) is 5.75 Å². The second-order valence-electron chi connectivity index (χ2n) is 7.27. The van der Waals surface area contributed by atoms with E-state index in [1.54, 1.807) is 48.5 Å². The molecule has 3 aromatic rings. The molecule has 0 radical (unpaired) electrons. The molecule has 0 fully saturated rings. The lowest BCUT2D eigenvalue weighted by Crippen LogP contribution is -2.32. The summed E-state index contributed by atoms with van der Waals surface area (Å²) >= 11 is 3.32. The molecular weight excluding hydrogens is 484 g/mol. The van der Waals surface area contributed by atoms with Crippen LogP contribution in [0.1, 0.15) is 21.5 Å². The number of phenolic OH excluding ortho intramolecular Hbond substituents is 1. The lowest BCUT2D eigenvalue weighted by Gasteiger charge is -2.12. The zero-order chi connectivity index (χ0) is 23.8. The van der Waals surface area contributed by atoms with E-state index in [1.807, 2.05) is 43.3 Å². The van der Waals surface area contributed by atoms with Crippen LogP contribution in [0.25, 0.3) is 6.08 Å². The third kappa shape index (κ3) is 6.78. The molecule has 0 saturated carbocycles. The maximum absolute atomic E-state index is 12.8. The van der Waals surface area contributed by atoms with E-state index in [1.165, 1.54) is 12.3 Å². The van der Waals surface area contributed by atoms with E-state index in [4.69, 9.17) is 0 Å². The highest BCUT2D eigenvalue weighted by atomic mass is 79.9. The number of rotatable bonds is 7. The minimum atomic E-state index is -0.610. The maximum atomic E-state index is 12.8. The van der Waals surface area contributed by atoms with Gasteiger partial charge < -0.3 is 15.3 Å². The highest BCUT2D eigenvalue weighted by Gasteiger charge is 2.14. The average molecular weight is 507 g/mol. The Morgan fingerprint density at radius 2 is 1.70 bits per heavy atom. The van der Waals surface area contributed by atoms with Gasteiger partial charge in [0, 0.05) is 35.4 Å². The van der Waals surface area contributed by atoms with Gasteiger partial charge in [-0.15, -0.1) is 0 Å². The standard InChI is InChI=1S/C25H23BrN4O3/c1-30(2)21-11-8-17(9-12-21)14-22(28-24(32)18-6-4-3-5-7-18)25(33)29-27-16-19-15-20(26)10-13-23(19)31/h3-16,31H,1-2H3,(H,28,32)(H,29,33)/b22-14+,27-16+. The second kappa shape index (κ2) is 11.1. The van der Waals surface area contributed by atoms with E-state index < -0.39 is 11.8 Å². The number of amides is 2. The summed E-state index contributed by atoms with van der Waals surface area (Å²) in [6.45, 7) is 0. The van der Waals surface area contributed by atoms with Crippen LogP contribution < -0.4 is 15.6 Å². The molecule has 0 aliphatic rings. The predicted molar refractivity (Wildman–Crippen MR) is 134 cm³/mol. The van der Waals surface area contributed by atoms with Crippen LogP contribution in [0.3, 0.4) is 0 Å². The number of nitrogens with one attached hydrogen (secondary N) is 2. The van der Waals surface area contributed by atoms with Gasteiger partial charge in [0.05, 0.1) is 6.21 Å². The second-order valence-corrected chi connectivity index (χ2v) is 8.18. The van der Waals surface area contributed by atoms with Gasteiger partial charge in [0.15, 0.2) is 0 Å². The quantitative estimate of drug-likeness (QED) is 0.255. The molecule has 0 heterocycles. The molecule has 0 aromatic heterocycles. The number of halogens is 1. The summed E-state index contributed by atoms with van der Waals surface area (Å²) < 4.78 is 0.755. The lowest BCUT2D eigenvalue weighted by atomic mass is 10.1. The van der Waals surface area contributed by atoms with Gasteiger partial charge in [-0.25, -0.2) is 5.43 Å². The van der Waals surface area contributed by atoms with Crippen LogP contribution >= 0.6 is 15.9 Å². The Morgan fingerprint density at radius 1 is 1.00 bits per heavy atom. The monoisotopic (exact) mass is 506 g/mol. The number of phenols is 1. The zero-order valence-corrected chi connectivity index (χ0v) is 19.7. The molecule has 168 valence electrons. The molecule has 0 aliphatic carbocycles. The van der Waals surface area contributed by atoms with Gasteiger partial charge in [0.2, 0.25) is 0 Å². The summed E-state index contributed by atoms with van der Waals surface area (Å²) in [5, 5.41) is 16.5. The number of aromatic hydroxyl groups is 1. The number of benzene rings is 3. The highest BCUT2D eigenvalue weighted by Crippen LogP contribution is 2.20. The molecule has 8 heteroatoms. The molecule has 0 unspecified atom stereocenters. The fraction of sp³-hybridized carbons (Fsp3) is 0.0800. The Labute approximate surface area is 200 Å². The van der Waals surface area contributed by atoms with Crippen LogP contribution in [0.4, 0.5) is 5.69 Å². The maximum Gasteiger partial charge on any atom is 0.287 e. The highest BCUT2D eigenvalue weighted by molar-refractivity contribution is 9.10. The van der Waals surface area contributed by atoms with Crippen molar-refractivity contribution in [1.29, 1.82) is 0 Å². The Bertz CT molecular complexity index is 1190. The topological polar surface area (TPSA) is 94.0 Å². The number of anilines is 1. The molecule has 3 aromatic carbocycles. The number of nitrogens with zero attached hydrogens (tertiary/aromatic N) is 2. The Morgan fingerprint density at radius 3 is 2.36 bits per heavy atom. The van der Waals surface area contributed by atoms with Crippen molar-refractivity contribution in [2.45, 2.75) is 0 Å². The zero-order valence-electron chi connectivity index (χ0n) is 18.1. The van der Waals surface area contributed by atoms with Gasteiger partial charge in [-0.3, -0.25) is 9.59 Å². The minimum absolute atomic E-state index is 0.0188. The fourth-order valence-electron chi connectivity index (χ4n) is 2.83. The summed E-state index contributed by atoms with van der Waals surface area (Å²) in [5.41, 5.74) is 4.99. The number of hydrogen-bond donors (Lipinski definition) is 3. The number of hydrogen-bond acceptors (Lipinski definition) is 5. The molecule has 0 aliphatic heterocycles. The van der Waals surface area contributed by atoms with E-state index in [2.05, 4.69) is 31.8 Å². The molecule has 0 spiro atoms. The molecule has 0 atom stereocenters. The number of hydrazone groups is 1. The van der Waals surface area contributed by atoms with Crippen LogP contribution in [-0.2, 0) is 4.79 Å². The van der Waals surface area contributed by atoms with Crippen molar-refractivity contribution in [3.63, 3.8) is 0 Å². The minimum Gasteiger partial charge on any atom is -0.507 e. The number of carbonyl (C=O) groups is 2. The Kier molecular flexibility index (Phi) is 7.99. The Hall–Kier alpha value is -3.91. The fourth-order valence-corrected chi connectivity index (χ4v) is 3.21. The van der Waals surface area contributed by atoms with E-state index in [0.29, 0.717) is 11.1 Å². The first kappa shape index (κ1) is 23.7. The van der Waals surface area contributed by atoms with Crippen molar-refractivity contribution in [3.05, 3.63) is 99.7 Å². The third-order valence-electron chi connectivity index (χ3n) is 4.61. The number of carbonyl (C=O) groups excluding carboxylic acids is 2. The molecule has 0 bridgehead atoms. The molecule has 2 amide bonds. The molecule has 3 N–H and O–H groups in total. The average Bonchev–Trinajstić information content (AvgIpc) is 2.81. The van der Waals surface area contributed by atoms with Crippen LogP contribution in [0, 0.1) is 0 Å². The van der Waals surface area contributed by atoms with Crippen molar-refractivity contribution in [2.24, 2.45) is 5.10 Å². The first-order valence-electron chi connectivity index (χ1n) is 10.0. The van der Waals surface area contributed by atoms with E-state index in [-0.39, 0.29) is 11.4 Å². The van der Waals surface area contributed by atoms with Crippen molar-refractivity contribution < 1.29 is 14.7 Å². The largest absolute Gasteiger partial charge is 0.507 e. The van der Waals surface area contributed by atoms with Crippen LogP contribution in [0.15, 0.2) is 88.1 Å². The summed E-state index contributed by atoms with van der Waals surface area (Å²) in [6, 6.07) is 21.0. The SMILES string of the molecule is CN(C)c1ccc(/C=C(/NC(=O)c2ccccc2)C(=O)N/N=C/c2cc(Br)ccc2O)cc1. The van der Waals surface area contributed by atoms with E-state index >= 15 is 0 Å². The first-order valence-corrected chi connectivity index (χ1v) is 10.8. The van der Waals surface area contributed by atoms with Crippen LogP contribution in [-0.4, -0.2) is 37.2 Å². The summed E-state index contributed by atoms with van der Waals surface area (Å²) in [4.78, 5) is 27.5. The van der Waals surface area contributed by atoms with E-state index in [0.717, 1.165) is 15.7 Å². The Balaban J connectivity index is 1.83. The first-order chi connectivity index (χ1) is 15.8. The molecule has 7 nitrogen and oxygen atoms in total. The van der Waals surface area contributed by atoms with Gasteiger partial charge in [-0.05, 0) is 54.1 Å². The molecule has 0 saturated heterocycles. The van der Waals surface area contributed by atoms with Crippen molar-refractivity contribution in [2.75, 3.05) is 19.0 Å². The predicted octanol–water partition coefficient (Wildman–Crippen LogP) is 4.14. The van der Waals surface area contributed by atoms with Gasteiger partial charge in [0.1, 0.15) is 11.4 Å². The van der Waals surface area contributed by atoms with Gasteiger partial charge in [-0.1, -0.05) is 46.3 Å². The van der Waals surface area contributed by atoms with Crippen LogP contribution in [0.2, 0.25) is 0 Å². The molecular formula is C25H23BrN4O3. The van der Waals surface area contributed by atoms with E-state index in [9.17, 15) is 14.7 Å². The van der Waals surface area contributed by atoms with Gasteiger partial charge in [-0.2, -0.15) is 5.10 Å². The van der Waals surface area contributed by atoms with Gasteiger partial charge >= 0.3 is 0 Å². The van der Waals surface area contributed by atoms with Gasteiger partial charge in [0.25, 0.3) is 11.8 Å². The van der Waals surface area contributed by atoms with Crippen molar-refractivity contribution >= 4 is 45.7 Å². The van der Waals surface area contributed by atoms with Crippen molar-refractivity contribution in [3.8, 4) is 5.75 Å². The lowest BCUT2D eigenvalue weighted by molar-refractivity contribution is -0.117. The third-order valence-corrected chi connectivity index (χ3v) is 5.10. The smallest absolute Gasteiger partial charge is 0.287 e. The summed E-state index contributed by atoms with van der Waals surface area (Å²) in [7, 11) is 3.87. The summed E-state index contributed by atoms with van der Waals surface area (Å²) in [5.74, 6) is -1.01. The normalized spacial score (nSPS) is 11.3. The van der Waals surface area contributed by atoms with Crippen molar-refractivity contribution in [1.82, 2.24) is 10.7 Å². The molecule has 33 heavy (non-hydrogen) atoms. The summed E-state index contributed by atoms with van der Waals surface area (Å²) in [6.07, 6.45) is 2.89.